The van der Waals surface area contributed by atoms with Crippen molar-refractivity contribution in [2.24, 2.45) is 21.7 Å². The van der Waals surface area contributed by atoms with Crippen LogP contribution in [-0.4, -0.2) is 60.3 Å². The van der Waals surface area contributed by atoms with Crippen molar-refractivity contribution in [1.82, 2.24) is 0 Å². The molecule has 0 aliphatic carbocycles. The monoisotopic (exact) mass is 712 g/mol. The van der Waals surface area contributed by atoms with E-state index in [1.165, 1.54) is 11.8 Å². The highest BCUT2D eigenvalue weighted by molar-refractivity contribution is 8.00. The number of para-hydroxylation sites is 2. The quantitative estimate of drug-likeness (QED) is 0.206. The van der Waals surface area contributed by atoms with Crippen molar-refractivity contribution in [2.75, 3.05) is 6.61 Å². The number of thioether (sulfide) groups is 1. The maximum atomic E-state index is 13.7. The molecule has 0 unspecified atom stereocenters. The predicted octanol–water partition coefficient (Wildman–Crippen LogP) is 7.80. The Morgan fingerprint density at radius 1 is 0.580 bits per heavy atom. The summed E-state index contributed by atoms with van der Waals surface area (Å²) in [7, 11) is 0. The van der Waals surface area contributed by atoms with E-state index in [9.17, 15) is 19.2 Å². The third-order valence-corrected chi connectivity index (χ3v) is 9.47. The van der Waals surface area contributed by atoms with E-state index >= 15 is 0 Å². The summed E-state index contributed by atoms with van der Waals surface area (Å²) in [5, 5.41) is -0.373. The van der Waals surface area contributed by atoms with Gasteiger partial charge in [0.1, 0.15) is 29.6 Å². The number of benzene rings is 2. The Balaban J connectivity index is 1.88. The number of hydrogen-bond acceptors (Lipinski definition) is 11. The zero-order valence-electron chi connectivity index (χ0n) is 31.3. The van der Waals surface area contributed by atoms with Gasteiger partial charge < -0.3 is 28.4 Å². The topological polar surface area (TPSA) is 124 Å². The minimum atomic E-state index is -1.32. The van der Waals surface area contributed by atoms with E-state index in [-0.39, 0.29) is 11.9 Å². The minimum Gasteiger partial charge on any atom is -0.462 e. The highest BCUT2D eigenvalue weighted by Crippen LogP contribution is 2.52. The fraction of sp³-hybridized carbons (Fsp3) is 0.590. The van der Waals surface area contributed by atoms with Crippen molar-refractivity contribution in [3.05, 3.63) is 59.7 Å². The largest absolute Gasteiger partial charge is 0.462 e. The van der Waals surface area contributed by atoms with Crippen molar-refractivity contribution >= 4 is 35.6 Å². The average Bonchev–Trinajstić information content (AvgIpc) is 3.00. The molecule has 0 amide bonds. The third kappa shape index (κ3) is 9.20. The van der Waals surface area contributed by atoms with Gasteiger partial charge in [-0.05, 0) is 95.2 Å². The number of esters is 4. The molecular weight excluding hydrogens is 660 g/mol. The van der Waals surface area contributed by atoms with Crippen LogP contribution in [0.4, 0.5) is 0 Å². The number of hydrogen-bond donors (Lipinski definition) is 0. The molecule has 11 heteroatoms. The van der Waals surface area contributed by atoms with Gasteiger partial charge in [-0.25, -0.2) is 0 Å². The lowest BCUT2D eigenvalue weighted by Gasteiger charge is -2.46. The molecule has 2 aliphatic rings. The molecule has 274 valence electrons. The maximum Gasteiger partial charge on any atom is 0.311 e. The van der Waals surface area contributed by atoms with Crippen LogP contribution in [0.3, 0.4) is 0 Å². The van der Waals surface area contributed by atoms with Gasteiger partial charge in [-0.2, -0.15) is 0 Å². The Morgan fingerprint density at radius 3 is 1.42 bits per heavy atom. The number of fused-ring (bicyclic) bond motifs is 2. The molecule has 2 heterocycles. The first kappa shape index (κ1) is 39.2. The fourth-order valence-corrected chi connectivity index (χ4v) is 6.47. The molecule has 1 fully saturated rings. The van der Waals surface area contributed by atoms with Crippen LogP contribution < -0.4 is 4.74 Å². The van der Waals surface area contributed by atoms with Gasteiger partial charge in [-0.15, -0.1) is 11.8 Å². The molecule has 2 aromatic rings. The van der Waals surface area contributed by atoms with Crippen molar-refractivity contribution < 1.29 is 47.6 Å². The van der Waals surface area contributed by atoms with Crippen molar-refractivity contribution in [2.45, 2.75) is 118 Å². The zero-order valence-corrected chi connectivity index (χ0v) is 32.1. The van der Waals surface area contributed by atoms with Crippen molar-refractivity contribution in [1.29, 1.82) is 0 Å². The van der Waals surface area contributed by atoms with E-state index in [2.05, 4.69) is 0 Å². The first-order chi connectivity index (χ1) is 23.0. The fourth-order valence-electron chi connectivity index (χ4n) is 4.95. The molecule has 5 atom stereocenters. The van der Waals surface area contributed by atoms with Gasteiger partial charge in [0.15, 0.2) is 18.3 Å². The van der Waals surface area contributed by atoms with Crippen molar-refractivity contribution in [3.8, 4) is 11.5 Å². The van der Waals surface area contributed by atoms with E-state index in [0.29, 0.717) is 11.5 Å². The van der Waals surface area contributed by atoms with Crippen LogP contribution in [0, 0.1) is 21.7 Å². The molecule has 2 aromatic carbocycles. The molecule has 0 radical (unpaired) electrons. The Hall–Kier alpha value is -3.57. The second-order valence-corrected chi connectivity index (χ2v) is 18.2. The van der Waals surface area contributed by atoms with Gasteiger partial charge in [-0.3, -0.25) is 19.2 Å². The van der Waals surface area contributed by atoms with E-state index in [4.69, 9.17) is 28.4 Å². The van der Waals surface area contributed by atoms with Gasteiger partial charge in [0.05, 0.1) is 26.9 Å². The normalized spacial score (nSPS) is 22.7. The molecule has 4 rings (SSSR count). The first-order valence-corrected chi connectivity index (χ1v) is 17.9. The molecule has 10 nitrogen and oxygen atoms in total. The highest BCUT2D eigenvalue weighted by atomic mass is 32.2. The molecular formula is C39H52O10S. The Bertz CT molecular complexity index is 1530. The zero-order chi connectivity index (χ0) is 37.4. The number of carbonyl (C=O) groups excluding carboxylic acids is 4. The minimum absolute atomic E-state index is 0.320. The second kappa shape index (κ2) is 14.6. The third-order valence-electron chi connectivity index (χ3n) is 8.04. The van der Waals surface area contributed by atoms with Gasteiger partial charge in [0.25, 0.3) is 0 Å². The summed E-state index contributed by atoms with van der Waals surface area (Å²) in [4.78, 5) is 53.9. The number of carbonyl (C=O) groups is 4. The summed E-state index contributed by atoms with van der Waals surface area (Å²) in [5.41, 5.74) is -2.97. The smallest absolute Gasteiger partial charge is 0.311 e. The van der Waals surface area contributed by atoms with Gasteiger partial charge in [0.2, 0.25) is 0 Å². The molecule has 1 saturated heterocycles. The van der Waals surface area contributed by atoms with Crippen LogP contribution >= 0.6 is 11.8 Å². The molecule has 2 aliphatic heterocycles. The molecule has 50 heavy (non-hydrogen) atoms. The van der Waals surface area contributed by atoms with Crippen LogP contribution in [0.5, 0.6) is 11.5 Å². The Labute approximate surface area is 300 Å². The Kier molecular flexibility index (Phi) is 11.4. The molecule has 0 spiro atoms. The summed E-state index contributed by atoms with van der Waals surface area (Å²) in [6.07, 6.45) is -4.97. The van der Waals surface area contributed by atoms with Gasteiger partial charge >= 0.3 is 23.9 Å². The van der Waals surface area contributed by atoms with Crippen LogP contribution in [0.25, 0.3) is 0 Å². The van der Waals surface area contributed by atoms with Crippen LogP contribution in [0.15, 0.2) is 48.5 Å². The van der Waals surface area contributed by atoms with E-state index in [0.717, 1.165) is 11.1 Å². The number of rotatable bonds is 7. The summed E-state index contributed by atoms with van der Waals surface area (Å²) in [6, 6.07) is 15.3. The lowest BCUT2D eigenvalue weighted by molar-refractivity contribution is -0.246. The van der Waals surface area contributed by atoms with E-state index < -0.39 is 75.4 Å². The number of ether oxygens (including phenoxy) is 6. The highest BCUT2D eigenvalue weighted by Gasteiger charge is 2.55. The summed E-state index contributed by atoms with van der Waals surface area (Å²) < 4.78 is 37.3. The molecule has 0 saturated carbocycles. The summed E-state index contributed by atoms with van der Waals surface area (Å²) >= 11 is 1.34. The van der Waals surface area contributed by atoms with E-state index in [1.807, 2.05) is 48.5 Å². The maximum absolute atomic E-state index is 13.7. The van der Waals surface area contributed by atoms with Crippen LogP contribution in [0.1, 0.15) is 99.5 Å². The lowest BCUT2D eigenvalue weighted by Crippen LogP contribution is -2.63. The van der Waals surface area contributed by atoms with E-state index in [1.54, 1.807) is 83.1 Å². The summed E-state index contributed by atoms with van der Waals surface area (Å²) in [6.45, 7) is 20.2. The van der Waals surface area contributed by atoms with Crippen molar-refractivity contribution in [3.63, 3.8) is 0 Å². The van der Waals surface area contributed by atoms with Gasteiger partial charge in [-0.1, -0.05) is 36.4 Å². The molecule has 0 bridgehead atoms. The van der Waals surface area contributed by atoms with Crippen LogP contribution in [0.2, 0.25) is 0 Å². The molecule has 0 N–H and O–H groups in total. The lowest BCUT2D eigenvalue weighted by atomic mass is 9.93. The van der Waals surface area contributed by atoms with Gasteiger partial charge in [0, 0.05) is 11.1 Å². The average molecular weight is 713 g/mol. The summed E-state index contributed by atoms with van der Waals surface area (Å²) in [5.74, 6) is -0.955. The Morgan fingerprint density at radius 2 is 0.980 bits per heavy atom. The first-order valence-electron chi connectivity index (χ1n) is 17.0. The second-order valence-electron chi connectivity index (χ2n) is 16.9. The predicted molar refractivity (Wildman–Crippen MR) is 189 cm³/mol. The van der Waals surface area contributed by atoms with Crippen LogP contribution in [-0.2, 0) is 42.9 Å². The molecule has 0 aromatic heterocycles. The standard InChI is InChI=1S/C39H52O10S/c1-36(2,3)32(40)44-21-26-27(47-33(41)37(4,5)6)28(48-34(42)38(7,8)9)29(49-35(43)39(10,11)12)31(46-26)50-30-22-17-13-15-19-24(22)45-25-20-16-14-18-23(25)30/h13-20,26-31H,21H2,1-12H3/t26-,27-,28+,29-,31+/m1/s1. The SMILES string of the molecule is CC(C)(C)C(=O)OC[C@H]1O[C@@H](SC2c3ccccc3Oc3ccccc32)[C@H](OC(=O)C(C)(C)C)[C@@H](OC(=O)C(C)(C)C)[C@@H]1OC(=O)C(C)(C)C.